The smallest absolute Gasteiger partial charge is 0.227 e. The Balaban J connectivity index is 1.63. The van der Waals surface area contributed by atoms with Gasteiger partial charge in [0.15, 0.2) is 0 Å². The molecule has 1 aliphatic heterocycles. The van der Waals surface area contributed by atoms with Crippen molar-refractivity contribution in [2.45, 2.75) is 19.9 Å². The van der Waals surface area contributed by atoms with Gasteiger partial charge in [0.25, 0.3) is 0 Å². The standard InChI is InChI=1S/C19H20N4O3/c1-13(24)22-15-6-4-7-17(10-15)23-12-14(9-18(23)25)19(26)21-11-16-5-2-3-8-20-16/h2-8,10,14H,9,11-12H2,1H3,(H,21,26)(H,22,24). The summed E-state index contributed by atoms with van der Waals surface area (Å²) in [7, 11) is 0. The number of amides is 3. The summed E-state index contributed by atoms with van der Waals surface area (Å²) in [6, 6.07) is 12.5. The fourth-order valence-electron chi connectivity index (χ4n) is 2.91. The van der Waals surface area contributed by atoms with E-state index < -0.39 is 5.92 Å². The topological polar surface area (TPSA) is 91.4 Å². The molecule has 0 bridgehead atoms. The van der Waals surface area contributed by atoms with E-state index in [0.717, 1.165) is 5.69 Å². The molecule has 0 saturated carbocycles. The predicted octanol–water partition coefficient (Wildman–Crippen LogP) is 1.71. The Morgan fingerprint density at radius 3 is 2.81 bits per heavy atom. The minimum absolute atomic E-state index is 0.108. The first-order valence-corrected chi connectivity index (χ1v) is 8.38. The van der Waals surface area contributed by atoms with E-state index in [0.29, 0.717) is 24.5 Å². The first-order chi connectivity index (χ1) is 12.5. The SMILES string of the molecule is CC(=O)Nc1cccc(N2CC(C(=O)NCc3ccccn3)CC2=O)c1. The Morgan fingerprint density at radius 1 is 1.23 bits per heavy atom. The van der Waals surface area contributed by atoms with Crippen LogP contribution in [0.4, 0.5) is 11.4 Å². The molecule has 0 aliphatic carbocycles. The Bertz CT molecular complexity index is 823. The van der Waals surface area contributed by atoms with Crippen LogP contribution in [0, 0.1) is 5.92 Å². The van der Waals surface area contributed by atoms with Crippen LogP contribution >= 0.6 is 0 Å². The molecular weight excluding hydrogens is 332 g/mol. The maximum atomic E-state index is 12.4. The largest absolute Gasteiger partial charge is 0.350 e. The van der Waals surface area contributed by atoms with Gasteiger partial charge in [-0.25, -0.2) is 0 Å². The van der Waals surface area contributed by atoms with E-state index in [9.17, 15) is 14.4 Å². The van der Waals surface area contributed by atoms with Crippen molar-refractivity contribution in [3.63, 3.8) is 0 Å². The van der Waals surface area contributed by atoms with Crippen LogP contribution < -0.4 is 15.5 Å². The summed E-state index contributed by atoms with van der Waals surface area (Å²) in [6.45, 7) is 2.08. The van der Waals surface area contributed by atoms with E-state index in [2.05, 4.69) is 15.6 Å². The molecule has 134 valence electrons. The van der Waals surface area contributed by atoms with Crippen LogP contribution in [-0.4, -0.2) is 29.3 Å². The minimum atomic E-state index is -0.407. The van der Waals surface area contributed by atoms with Gasteiger partial charge in [0.2, 0.25) is 17.7 Å². The number of nitrogens with one attached hydrogen (secondary N) is 2. The van der Waals surface area contributed by atoms with Crippen LogP contribution in [0.25, 0.3) is 0 Å². The second-order valence-electron chi connectivity index (χ2n) is 6.18. The molecule has 1 aliphatic rings. The molecule has 0 radical (unpaired) electrons. The second-order valence-corrected chi connectivity index (χ2v) is 6.18. The van der Waals surface area contributed by atoms with Gasteiger partial charge in [-0.3, -0.25) is 19.4 Å². The van der Waals surface area contributed by atoms with Crippen LogP contribution in [0.2, 0.25) is 0 Å². The first kappa shape index (κ1) is 17.6. The lowest BCUT2D eigenvalue weighted by atomic mass is 10.1. The van der Waals surface area contributed by atoms with Crippen molar-refractivity contribution in [2.75, 3.05) is 16.8 Å². The van der Waals surface area contributed by atoms with Crippen molar-refractivity contribution in [3.05, 3.63) is 54.4 Å². The Kier molecular flexibility index (Phi) is 5.26. The molecule has 3 rings (SSSR count). The van der Waals surface area contributed by atoms with E-state index in [1.54, 1.807) is 35.4 Å². The van der Waals surface area contributed by atoms with Crippen molar-refractivity contribution in [3.8, 4) is 0 Å². The summed E-state index contributed by atoms with van der Waals surface area (Å²) >= 11 is 0. The van der Waals surface area contributed by atoms with Gasteiger partial charge >= 0.3 is 0 Å². The quantitative estimate of drug-likeness (QED) is 0.857. The normalized spacial score (nSPS) is 16.4. The summed E-state index contributed by atoms with van der Waals surface area (Å²) in [6.07, 6.45) is 1.84. The lowest BCUT2D eigenvalue weighted by Crippen LogP contribution is -2.32. The van der Waals surface area contributed by atoms with Crippen LogP contribution in [-0.2, 0) is 20.9 Å². The van der Waals surface area contributed by atoms with Gasteiger partial charge in [0, 0.05) is 37.5 Å². The van der Waals surface area contributed by atoms with Crippen LogP contribution in [0.5, 0.6) is 0 Å². The molecule has 0 spiro atoms. The summed E-state index contributed by atoms with van der Waals surface area (Å²) in [5, 5.41) is 5.53. The molecule has 3 amide bonds. The highest BCUT2D eigenvalue weighted by molar-refractivity contribution is 6.01. The van der Waals surface area contributed by atoms with Gasteiger partial charge in [0.05, 0.1) is 18.2 Å². The molecule has 26 heavy (non-hydrogen) atoms. The molecule has 2 aromatic rings. The van der Waals surface area contributed by atoms with Gasteiger partial charge in [0.1, 0.15) is 0 Å². The molecule has 2 N–H and O–H groups in total. The van der Waals surface area contributed by atoms with Gasteiger partial charge in [-0.05, 0) is 30.3 Å². The number of hydrogen-bond donors (Lipinski definition) is 2. The zero-order chi connectivity index (χ0) is 18.5. The molecule has 7 nitrogen and oxygen atoms in total. The number of benzene rings is 1. The van der Waals surface area contributed by atoms with Gasteiger partial charge in [-0.2, -0.15) is 0 Å². The van der Waals surface area contributed by atoms with Gasteiger partial charge in [-0.15, -0.1) is 0 Å². The molecule has 1 saturated heterocycles. The average Bonchev–Trinajstić information content (AvgIpc) is 3.02. The highest BCUT2D eigenvalue weighted by atomic mass is 16.2. The maximum Gasteiger partial charge on any atom is 0.227 e. The number of carbonyl (C=O) groups excluding carboxylic acids is 3. The second kappa shape index (κ2) is 7.77. The summed E-state index contributed by atoms with van der Waals surface area (Å²) in [5.41, 5.74) is 2.05. The fourth-order valence-corrected chi connectivity index (χ4v) is 2.91. The van der Waals surface area contributed by atoms with Crippen LogP contribution in [0.3, 0.4) is 0 Å². The average molecular weight is 352 g/mol. The van der Waals surface area contributed by atoms with Crippen LogP contribution in [0.15, 0.2) is 48.7 Å². The van der Waals surface area contributed by atoms with Crippen molar-refractivity contribution < 1.29 is 14.4 Å². The third kappa shape index (κ3) is 4.24. The zero-order valence-corrected chi connectivity index (χ0v) is 14.4. The summed E-state index contributed by atoms with van der Waals surface area (Å²) in [4.78, 5) is 41.7. The van der Waals surface area contributed by atoms with Crippen LogP contribution in [0.1, 0.15) is 19.0 Å². The maximum absolute atomic E-state index is 12.4. The number of aromatic nitrogens is 1. The number of rotatable bonds is 5. The molecule has 1 atom stereocenters. The van der Waals surface area contributed by atoms with E-state index >= 15 is 0 Å². The molecular formula is C19H20N4O3. The predicted molar refractivity (Wildman–Crippen MR) is 97.3 cm³/mol. The van der Waals surface area contributed by atoms with Crippen molar-refractivity contribution in [1.29, 1.82) is 0 Å². The first-order valence-electron chi connectivity index (χ1n) is 8.38. The van der Waals surface area contributed by atoms with E-state index in [-0.39, 0.29) is 24.1 Å². The molecule has 7 heteroatoms. The molecule has 2 heterocycles. The lowest BCUT2D eigenvalue weighted by molar-refractivity contribution is -0.126. The third-order valence-corrected chi connectivity index (χ3v) is 4.14. The Morgan fingerprint density at radius 2 is 2.08 bits per heavy atom. The van der Waals surface area contributed by atoms with Gasteiger partial charge in [-0.1, -0.05) is 12.1 Å². The number of nitrogens with zero attached hydrogens (tertiary/aromatic N) is 2. The van der Waals surface area contributed by atoms with Gasteiger partial charge < -0.3 is 15.5 Å². The van der Waals surface area contributed by atoms with Crippen molar-refractivity contribution in [2.24, 2.45) is 5.92 Å². The number of anilines is 2. The third-order valence-electron chi connectivity index (χ3n) is 4.14. The number of carbonyl (C=O) groups is 3. The summed E-state index contributed by atoms with van der Waals surface area (Å²) < 4.78 is 0. The fraction of sp³-hybridized carbons (Fsp3) is 0.263. The minimum Gasteiger partial charge on any atom is -0.350 e. The molecule has 1 fully saturated rings. The van der Waals surface area contributed by atoms with E-state index in [1.165, 1.54) is 6.92 Å². The van der Waals surface area contributed by atoms with Crippen molar-refractivity contribution >= 4 is 29.1 Å². The Labute approximate surface area is 151 Å². The number of pyridine rings is 1. The molecule has 1 aromatic carbocycles. The Hall–Kier alpha value is -3.22. The summed E-state index contributed by atoms with van der Waals surface area (Å²) in [5.74, 6) is -0.857. The highest BCUT2D eigenvalue weighted by Gasteiger charge is 2.35. The van der Waals surface area contributed by atoms with E-state index in [4.69, 9.17) is 0 Å². The highest BCUT2D eigenvalue weighted by Crippen LogP contribution is 2.27. The lowest BCUT2D eigenvalue weighted by Gasteiger charge is -2.17. The number of hydrogen-bond acceptors (Lipinski definition) is 4. The monoisotopic (exact) mass is 352 g/mol. The zero-order valence-electron chi connectivity index (χ0n) is 14.4. The van der Waals surface area contributed by atoms with Crippen molar-refractivity contribution in [1.82, 2.24) is 10.3 Å². The van der Waals surface area contributed by atoms with E-state index in [1.807, 2.05) is 18.2 Å². The molecule has 1 unspecified atom stereocenters. The molecule has 1 aromatic heterocycles.